The molecular formula is C26H31ClN4O. The predicted octanol–water partition coefficient (Wildman–Crippen LogP) is 4.79. The summed E-state index contributed by atoms with van der Waals surface area (Å²) in [5, 5.41) is 9.40. The Morgan fingerprint density at radius 1 is 1.06 bits per heavy atom. The van der Waals surface area contributed by atoms with Crippen molar-refractivity contribution in [2.45, 2.75) is 63.8 Å². The number of aromatic amines is 1. The van der Waals surface area contributed by atoms with Crippen LogP contribution in [0.1, 0.15) is 54.6 Å². The molecule has 0 radical (unpaired) electrons. The number of nitrogens with zero attached hydrogens (tertiary/aromatic N) is 1. The SMILES string of the molecule is O=c1ccc2c([nH]1)CCC(NCCCCNc1c3c(nc4cc(Cl)ccc14)CCCC3)C2. The van der Waals surface area contributed by atoms with Crippen molar-refractivity contribution in [3.63, 3.8) is 0 Å². The van der Waals surface area contributed by atoms with E-state index in [4.69, 9.17) is 16.6 Å². The van der Waals surface area contributed by atoms with Gasteiger partial charge in [-0.05, 0) is 93.7 Å². The molecule has 1 unspecified atom stereocenters. The molecule has 1 aromatic carbocycles. The van der Waals surface area contributed by atoms with Crippen LogP contribution in [0, 0.1) is 0 Å². The summed E-state index contributed by atoms with van der Waals surface area (Å²) in [7, 11) is 0. The van der Waals surface area contributed by atoms with Crippen LogP contribution in [0.2, 0.25) is 5.02 Å². The third-order valence-electron chi connectivity index (χ3n) is 6.87. The minimum atomic E-state index is 0.00833. The van der Waals surface area contributed by atoms with Gasteiger partial charge in [-0.25, -0.2) is 0 Å². The van der Waals surface area contributed by atoms with Crippen molar-refractivity contribution in [1.29, 1.82) is 0 Å². The lowest BCUT2D eigenvalue weighted by Crippen LogP contribution is -2.36. The first kappa shape index (κ1) is 21.5. The molecule has 0 amide bonds. The molecule has 5 nitrogen and oxygen atoms in total. The van der Waals surface area contributed by atoms with Crippen LogP contribution >= 0.6 is 11.6 Å². The molecule has 2 heterocycles. The zero-order valence-electron chi connectivity index (χ0n) is 18.5. The first-order valence-electron chi connectivity index (χ1n) is 12.0. The fourth-order valence-electron chi connectivity index (χ4n) is 5.19. The Hall–Kier alpha value is -2.37. The Morgan fingerprint density at radius 2 is 1.94 bits per heavy atom. The molecule has 2 aromatic heterocycles. The second kappa shape index (κ2) is 9.63. The summed E-state index contributed by atoms with van der Waals surface area (Å²) in [6, 6.07) is 10.2. The number of hydrogen-bond acceptors (Lipinski definition) is 4. The molecule has 3 aromatic rings. The van der Waals surface area contributed by atoms with Gasteiger partial charge in [-0.1, -0.05) is 17.7 Å². The Bertz CT molecular complexity index is 1170. The van der Waals surface area contributed by atoms with Gasteiger partial charge in [-0.15, -0.1) is 0 Å². The number of anilines is 1. The smallest absolute Gasteiger partial charge is 0.248 e. The van der Waals surface area contributed by atoms with Crippen molar-refractivity contribution in [3.05, 3.63) is 68.2 Å². The van der Waals surface area contributed by atoms with Crippen LogP contribution in [0.5, 0.6) is 0 Å². The molecule has 2 aliphatic carbocycles. The molecule has 168 valence electrons. The summed E-state index contributed by atoms with van der Waals surface area (Å²) in [6.07, 6.45) is 9.94. The zero-order chi connectivity index (χ0) is 21.9. The normalized spacial score (nSPS) is 17.7. The highest BCUT2D eigenvalue weighted by molar-refractivity contribution is 6.31. The largest absolute Gasteiger partial charge is 0.384 e. The number of fused-ring (bicyclic) bond motifs is 3. The van der Waals surface area contributed by atoms with Gasteiger partial charge >= 0.3 is 0 Å². The van der Waals surface area contributed by atoms with E-state index in [9.17, 15) is 4.79 Å². The lowest BCUT2D eigenvalue weighted by Gasteiger charge is -2.25. The number of hydrogen-bond donors (Lipinski definition) is 3. The number of halogens is 1. The Kier molecular flexibility index (Phi) is 6.47. The molecule has 5 rings (SSSR count). The van der Waals surface area contributed by atoms with Crippen molar-refractivity contribution >= 4 is 28.2 Å². The number of unbranched alkanes of at least 4 members (excludes halogenated alkanes) is 1. The van der Waals surface area contributed by atoms with E-state index < -0.39 is 0 Å². The van der Waals surface area contributed by atoms with Crippen LogP contribution in [-0.4, -0.2) is 29.1 Å². The zero-order valence-corrected chi connectivity index (χ0v) is 19.2. The first-order valence-corrected chi connectivity index (χ1v) is 12.3. The Balaban J connectivity index is 1.14. The molecule has 6 heteroatoms. The molecule has 0 bridgehead atoms. The van der Waals surface area contributed by atoms with Gasteiger partial charge in [0.15, 0.2) is 0 Å². The van der Waals surface area contributed by atoms with Gasteiger partial charge in [0.1, 0.15) is 0 Å². The highest BCUT2D eigenvalue weighted by Gasteiger charge is 2.19. The van der Waals surface area contributed by atoms with E-state index in [-0.39, 0.29) is 5.56 Å². The third-order valence-corrected chi connectivity index (χ3v) is 7.11. The van der Waals surface area contributed by atoms with Gasteiger partial charge in [0.2, 0.25) is 5.56 Å². The van der Waals surface area contributed by atoms with Crippen LogP contribution in [-0.2, 0) is 25.7 Å². The molecule has 3 N–H and O–H groups in total. The lowest BCUT2D eigenvalue weighted by molar-refractivity contribution is 0.447. The van der Waals surface area contributed by atoms with Gasteiger partial charge in [0, 0.05) is 46.1 Å². The van der Waals surface area contributed by atoms with Gasteiger partial charge in [-0.3, -0.25) is 9.78 Å². The monoisotopic (exact) mass is 450 g/mol. The maximum atomic E-state index is 11.5. The van der Waals surface area contributed by atoms with E-state index in [1.807, 2.05) is 18.2 Å². The van der Waals surface area contributed by atoms with Gasteiger partial charge in [-0.2, -0.15) is 0 Å². The van der Waals surface area contributed by atoms with Crippen molar-refractivity contribution in [3.8, 4) is 0 Å². The summed E-state index contributed by atoms with van der Waals surface area (Å²) >= 11 is 6.23. The number of nitrogens with one attached hydrogen (secondary N) is 3. The summed E-state index contributed by atoms with van der Waals surface area (Å²) in [6.45, 7) is 1.99. The van der Waals surface area contributed by atoms with E-state index in [0.29, 0.717) is 6.04 Å². The van der Waals surface area contributed by atoms with Crippen molar-refractivity contribution in [2.24, 2.45) is 0 Å². The molecule has 0 saturated carbocycles. The number of pyridine rings is 2. The lowest BCUT2D eigenvalue weighted by atomic mass is 9.92. The molecule has 0 saturated heterocycles. The average molecular weight is 451 g/mol. The summed E-state index contributed by atoms with van der Waals surface area (Å²) in [4.78, 5) is 19.4. The minimum absolute atomic E-state index is 0.00833. The highest BCUT2D eigenvalue weighted by Crippen LogP contribution is 2.34. The van der Waals surface area contributed by atoms with Gasteiger partial charge in [0.05, 0.1) is 5.52 Å². The summed E-state index contributed by atoms with van der Waals surface area (Å²) < 4.78 is 0. The summed E-state index contributed by atoms with van der Waals surface area (Å²) in [5.41, 5.74) is 7.33. The molecule has 2 aliphatic rings. The maximum Gasteiger partial charge on any atom is 0.248 e. The fraction of sp³-hybridized carbons (Fsp3) is 0.462. The first-order chi connectivity index (χ1) is 15.7. The molecular weight excluding hydrogens is 420 g/mol. The minimum Gasteiger partial charge on any atom is -0.384 e. The molecule has 0 fully saturated rings. The van der Waals surface area contributed by atoms with E-state index in [1.54, 1.807) is 6.07 Å². The van der Waals surface area contributed by atoms with Crippen LogP contribution in [0.25, 0.3) is 10.9 Å². The highest BCUT2D eigenvalue weighted by atomic mass is 35.5. The summed E-state index contributed by atoms with van der Waals surface area (Å²) in [5.74, 6) is 0. The van der Waals surface area contributed by atoms with Gasteiger partial charge in [0.25, 0.3) is 0 Å². The van der Waals surface area contributed by atoms with E-state index in [0.717, 1.165) is 74.3 Å². The van der Waals surface area contributed by atoms with E-state index in [1.165, 1.54) is 40.7 Å². The average Bonchev–Trinajstić information content (AvgIpc) is 2.80. The van der Waals surface area contributed by atoms with Crippen LogP contribution in [0.15, 0.2) is 35.1 Å². The Morgan fingerprint density at radius 3 is 2.88 bits per heavy atom. The van der Waals surface area contributed by atoms with E-state index in [2.05, 4.69) is 21.7 Å². The maximum absolute atomic E-state index is 11.5. The number of H-pyrrole nitrogens is 1. The molecule has 0 spiro atoms. The quantitative estimate of drug-likeness (QED) is 0.452. The second-order valence-electron chi connectivity index (χ2n) is 9.13. The number of rotatable bonds is 7. The Labute approximate surface area is 194 Å². The van der Waals surface area contributed by atoms with E-state index >= 15 is 0 Å². The van der Waals surface area contributed by atoms with Crippen molar-refractivity contribution < 1.29 is 0 Å². The number of aromatic nitrogens is 2. The third kappa shape index (κ3) is 4.69. The molecule has 32 heavy (non-hydrogen) atoms. The van der Waals surface area contributed by atoms with Crippen LogP contribution < -0.4 is 16.2 Å². The number of benzene rings is 1. The van der Waals surface area contributed by atoms with Crippen molar-refractivity contribution in [1.82, 2.24) is 15.3 Å². The molecule has 0 aliphatic heterocycles. The van der Waals surface area contributed by atoms with Crippen molar-refractivity contribution in [2.75, 3.05) is 18.4 Å². The van der Waals surface area contributed by atoms with Crippen LogP contribution in [0.4, 0.5) is 5.69 Å². The predicted molar refractivity (Wildman–Crippen MR) is 132 cm³/mol. The second-order valence-corrected chi connectivity index (χ2v) is 9.57. The molecule has 1 atom stereocenters. The standard InChI is InChI=1S/C26H31ClN4O/c27-18-8-10-21-24(16-18)30-23-6-2-1-5-20(23)26(21)29-14-4-3-13-28-19-9-11-22-17(15-19)7-12-25(32)31-22/h7-8,10,12,16,19,28H,1-6,9,11,13-15H2,(H,29,30)(H,31,32). The number of aryl methyl sites for hydroxylation is 2. The van der Waals surface area contributed by atoms with Gasteiger partial charge < -0.3 is 15.6 Å². The topological polar surface area (TPSA) is 69.8 Å². The van der Waals surface area contributed by atoms with Crippen LogP contribution in [0.3, 0.4) is 0 Å². The fourth-order valence-corrected chi connectivity index (χ4v) is 5.36.